The number of likely N-dealkylation sites (N-methyl/N-ethyl adjacent to an activating group) is 1. The van der Waals surface area contributed by atoms with E-state index in [0.717, 1.165) is 26.2 Å². The molecule has 0 aliphatic carbocycles. The number of nitrogens with zero attached hydrogens (tertiary/aromatic N) is 2. The largest absolute Gasteiger partial charge is 0.497 e. The van der Waals surface area contributed by atoms with Crippen molar-refractivity contribution in [2.24, 2.45) is 4.99 Å². The Bertz CT molecular complexity index is 620. The van der Waals surface area contributed by atoms with Crippen molar-refractivity contribution < 1.29 is 18.3 Å². The summed E-state index contributed by atoms with van der Waals surface area (Å²) in [7, 11) is 1.48. The first-order valence-corrected chi connectivity index (χ1v) is 9.45. The molecule has 2 N–H and O–H groups in total. The highest BCUT2D eigenvalue weighted by Crippen LogP contribution is 2.27. The van der Waals surface area contributed by atoms with Gasteiger partial charge in [-0.1, -0.05) is 6.92 Å². The minimum absolute atomic E-state index is 0. The van der Waals surface area contributed by atoms with Gasteiger partial charge >= 0.3 is 6.61 Å². The van der Waals surface area contributed by atoms with Crippen LogP contribution in [0.2, 0.25) is 0 Å². The number of methoxy groups -OCH3 is 1. The van der Waals surface area contributed by atoms with Gasteiger partial charge < -0.3 is 20.1 Å². The zero-order chi connectivity index (χ0) is 19.6. The molecule has 1 aromatic rings. The maximum absolute atomic E-state index is 12.7. The Kier molecular flexibility index (Phi) is 11.4. The van der Waals surface area contributed by atoms with Gasteiger partial charge in [0.05, 0.1) is 13.7 Å². The Morgan fingerprint density at radius 2 is 2.11 bits per heavy atom. The average Bonchev–Trinajstić information content (AvgIpc) is 3.11. The molecule has 1 aliphatic rings. The molecule has 1 aliphatic heterocycles. The molecule has 9 heteroatoms. The number of aliphatic imine (C=N–C) groups is 1. The van der Waals surface area contributed by atoms with E-state index in [4.69, 9.17) is 4.74 Å². The van der Waals surface area contributed by atoms with Crippen molar-refractivity contribution in [1.29, 1.82) is 0 Å². The SMILES string of the molecule is CCNC(=NCc1ccc(OC)cc1OC(F)F)NCC1CCCN1CC.I. The molecule has 0 amide bonds. The summed E-state index contributed by atoms with van der Waals surface area (Å²) in [6.45, 7) is 5.20. The summed E-state index contributed by atoms with van der Waals surface area (Å²) in [5, 5.41) is 6.56. The van der Waals surface area contributed by atoms with Gasteiger partial charge in [-0.2, -0.15) is 8.78 Å². The van der Waals surface area contributed by atoms with E-state index in [2.05, 4.69) is 32.2 Å². The molecule has 28 heavy (non-hydrogen) atoms. The number of guanidine groups is 1. The smallest absolute Gasteiger partial charge is 0.387 e. The van der Waals surface area contributed by atoms with Crippen molar-refractivity contribution in [3.8, 4) is 11.5 Å². The van der Waals surface area contributed by atoms with E-state index in [9.17, 15) is 8.78 Å². The van der Waals surface area contributed by atoms with Crippen molar-refractivity contribution in [3.05, 3.63) is 23.8 Å². The molecule has 1 atom stereocenters. The van der Waals surface area contributed by atoms with Gasteiger partial charge in [-0.25, -0.2) is 4.99 Å². The number of hydrogen-bond acceptors (Lipinski definition) is 4. The van der Waals surface area contributed by atoms with Crippen LogP contribution in [0, 0.1) is 0 Å². The first-order chi connectivity index (χ1) is 13.1. The van der Waals surface area contributed by atoms with Gasteiger partial charge in [-0.3, -0.25) is 4.90 Å². The van der Waals surface area contributed by atoms with E-state index in [1.54, 1.807) is 12.1 Å². The van der Waals surface area contributed by atoms with Gasteiger partial charge in [0.1, 0.15) is 11.5 Å². The first-order valence-electron chi connectivity index (χ1n) is 9.45. The summed E-state index contributed by atoms with van der Waals surface area (Å²) in [6, 6.07) is 5.35. The fourth-order valence-corrected chi connectivity index (χ4v) is 3.26. The van der Waals surface area contributed by atoms with E-state index in [-0.39, 0.29) is 36.3 Å². The van der Waals surface area contributed by atoms with Gasteiger partial charge in [0, 0.05) is 30.8 Å². The molecule has 1 heterocycles. The molecule has 0 radical (unpaired) electrons. The molecule has 1 fully saturated rings. The number of hydrogen-bond donors (Lipinski definition) is 2. The van der Waals surface area contributed by atoms with Crippen LogP contribution in [-0.2, 0) is 6.54 Å². The quantitative estimate of drug-likeness (QED) is 0.302. The van der Waals surface area contributed by atoms with E-state index >= 15 is 0 Å². The van der Waals surface area contributed by atoms with Crippen LogP contribution in [0.1, 0.15) is 32.3 Å². The topological polar surface area (TPSA) is 58.1 Å². The monoisotopic (exact) mass is 512 g/mol. The van der Waals surface area contributed by atoms with Crippen LogP contribution in [0.25, 0.3) is 0 Å². The van der Waals surface area contributed by atoms with Gasteiger partial charge in [0.2, 0.25) is 0 Å². The Balaban J connectivity index is 0.00000392. The minimum atomic E-state index is -2.89. The first kappa shape index (κ1) is 24.7. The highest BCUT2D eigenvalue weighted by molar-refractivity contribution is 14.0. The molecular weight excluding hydrogens is 481 g/mol. The lowest BCUT2D eigenvalue weighted by atomic mass is 10.2. The summed E-state index contributed by atoms with van der Waals surface area (Å²) in [6.07, 6.45) is 2.39. The molecule has 1 saturated heterocycles. The summed E-state index contributed by atoms with van der Waals surface area (Å²) in [5.74, 6) is 1.21. The fraction of sp³-hybridized carbons (Fsp3) is 0.632. The lowest BCUT2D eigenvalue weighted by molar-refractivity contribution is -0.0505. The molecule has 1 aromatic carbocycles. The second kappa shape index (κ2) is 13.0. The third kappa shape index (κ3) is 7.57. The number of ether oxygens (including phenoxy) is 2. The normalized spacial score (nSPS) is 17.4. The van der Waals surface area contributed by atoms with Crippen LogP contribution in [0.3, 0.4) is 0 Å². The van der Waals surface area contributed by atoms with E-state index < -0.39 is 6.61 Å². The van der Waals surface area contributed by atoms with Crippen LogP contribution in [0.4, 0.5) is 8.78 Å². The summed E-state index contributed by atoms with van der Waals surface area (Å²) in [4.78, 5) is 6.98. The number of nitrogens with one attached hydrogen (secondary N) is 2. The molecule has 0 aromatic heterocycles. The van der Waals surface area contributed by atoms with Crippen LogP contribution in [-0.4, -0.2) is 56.8 Å². The number of likely N-dealkylation sites (tertiary alicyclic amines) is 1. The fourth-order valence-electron chi connectivity index (χ4n) is 3.26. The summed E-state index contributed by atoms with van der Waals surface area (Å²) < 4.78 is 35.1. The average molecular weight is 512 g/mol. The molecule has 0 bridgehead atoms. The van der Waals surface area contributed by atoms with Crippen molar-refractivity contribution in [2.45, 2.75) is 45.9 Å². The minimum Gasteiger partial charge on any atom is -0.497 e. The van der Waals surface area contributed by atoms with Crippen LogP contribution < -0.4 is 20.1 Å². The van der Waals surface area contributed by atoms with Crippen LogP contribution in [0.5, 0.6) is 11.5 Å². The number of halogens is 3. The standard InChI is InChI=1S/C19H30F2N4O2.HI/c1-4-22-19(24-13-15-7-6-10-25(15)5-2)23-12-14-8-9-16(26-3)11-17(14)27-18(20)21;/h8-9,11,15,18H,4-7,10,12-13H2,1-3H3,(H2,22,23,24);1H. The lowest BCUT2D eigenvalue weighted by Gasteiger charge is -2.24. The molecule has 0 saturated carbocycles. The predicted molar refractivity (Wildman–Crippen MR) is 118 cm³/mol. The van der Waals surface area contributed by atoms with E-state index in [1.807, 2.05) is 6.92 Å². The van der Waals surface area contributed by atoms with Gasteiger partial charge in [-0.05, 0) is 45.0 Å². The lowest BCUT2D eigenvalue weighted by Crippen LogP contribution is -2.44. The Hall–Kier alpha value is -1.36. The van der Waals surface area contributed by atoms with E-state index in [1.165, 1.54) is 26.0 Å². The van der Waals surface area contributed by atoms with Crippen molar-refractivity contribution in [1.82, 2.24) is 15.5 Å². The molecule has 0 spiro atoms. The molecule has 1 unspecified atom stereocenters. The van der Waals surface area contributed by atoms with Crippen molar-refractivity contribution in [2.75, 3.05) is 33.3 Å². The summed E-state index contributed by atoms with van der Waals surface area (Å²) >= 11 is 0. The number of alkyl halides is 2. The number of benzene rings is 1. The highest BCUT2D eigenvalue weighted by atomic mass is 127. The van der Waals surface area contributed by atoms with E-state index in [0.29, 0.717) is 23.3 Å². The number of rotatable bonds is 9. The van der Waals surface area contributed by atoms with Gasteiger partial charge in [0.15, 0.2) is 5.96 Å². The van der Waals surface area contributed by atoms with Crippen molar-refractivity contribution >= 4 is 29.9 Å². The zero-order valence-electron chi connectivity index (χ0n) is 16.7. The Morgan fingerprint density at radius 1 is 1.32 bits per heavy atom. The summed E-state index contributed by atoms with van der Waals surface area (Å²) in [5.41, 5.74) is 0.573. The third-order valence-electron chi connectivity index (χ3n) is 4.65. The van der Waals surface area contributed by atoms with Gasteiger partial charge in [-0.15, -0.1) is 24.0 Å². The van der Waals surface area contributed by atoms with Crippen LogP contribution >= 0.6 is 24.0 Å². The third-order valence-corrected chi connectivity index (χ3v) is 4.65. The molecular formula is C19H31F2IN4O2. The predicted octanol–water partition coefficient (Wildman–Crippen LogP) is 3.45. The maximum atomic E-state index is 12.7. The van der Waals surface area contributed by atoms with Crippen molar-refractivity contribution in [3.63, 3.8) is 0 Å². The molecule has 2 rings (SSSR count). The second-order valence-corrected chi connectivity index (χ2v) is 6.35. The Morgan fingerprint density at radius 3 is 2.75 bits per heavy atom. The maximum Gasteiger partial charge on any atom is 0.387 e. The molecule has 6 nitrogen and oxygen atoms in total. The molecule has 160 valence electrons. The second-order valence-electron chi connectivity index (χ2n) is 6.35. The van der Waals surface area contributed by atoms with Crippen LogP contribution in [0.15, 0.2) is 23.2 Å². The zero-order valence-corrected chi connectivity index (χ0v) is 19.0. The van der Waals surface area contributed by atoms with Gasteiger partial charge in [0.25, 0.3) is 0 Å². The Labute approximate surface area is 183 Å². The highest BCUT2D eigenvalue weighted by Gasteiger charge is 2.22.